The summed E-state index contributed by atoms with van der Waals surface area (Å²) in [7, 11) is 0. The van der Waals surface area contributed by atoms with E-state index in [1.807, 2.05) is 18.2 Å². The van der Waals surface area contributed by atoms with E-state index < -0.39 is 5.91 Å². The average Bonchev–Trinajstić information content (AvgIpc) is 3.24. The number of anilines is 1. The minimum absolute atomic E-state index is 0.0892. The standard InChI is InChI=1S/C19H18ClN5O3/c20-15-3-1-13(2-4-15)12-22-18(26)19-23-17(24-28-19)14-5-6-21-16(11-14)25-7-9-27-10-8-25/h1-6,11H,7-10,12H2,(H,22,26). The highest BCUT2D eigenvalue weighted by Crippen LogP contribution is 2.21. The van der Waals surface area contributed by atoms with Crippen LogP contribution in [-0.4, -0.2) is 47.3 Å². The number of ether oxygens (including phenoxy) is 1. The Kier molecular flexibility index (Phi) is 5.50. The van der Waals surface area contributed by atoms with Crippen LogP contribution in [0.4, 0.5) is 5.82 Å². The van der Waals surface area contributed by atoms with Crippen LogP contribution in [0, 0.1) is 0 Å². The molecule has 0 atom stereocenters. The highest BCUT2D eigenvalue weighted by atomic mass is 35.5. The molecule has 1 saturated heterocycles. The number of hydrogen-bond donors (Lipinski definition) is 1. The smallest absolute Gasteiger partial charge is 0.316 e. The molecule has 0 bridgehead atoms. The number of nitrogens with zero attached hydrogens (tertiary/aromatic N) is 4. The van der Waals surface area contributed by atoms with Gasteiger partial charge in [0.1, 0.15) is 5.82 Å². The number of rotatable bonds is 5. The van der Waals surface area contributed by atoms with Crippen molar-refractivity contribution in [3.8, 4) is 11.4 Å². The first-order valence-electron chi connectivity index (χ1n) is 8.84. The van der Waals surface area contributed by atoms with E-state index in [1.165, 1.54) is 0 Å². The van der Waals surface area contributed by atoms with Gasteiger partial charge in [-0.2, -0.15) is 4.98 Å². The number of pyridine rings is 1. The summed E-state index contributed by atoms with van der Waals surface area (Å²) >= 11 is 5.86. The number of carbonyl (C=O) groups excluding carboxylic acids is 1. The first-order chi connectivity index (χ1) is 13.7. The van der Waals surface area contributed by atoms with Gasteiger partial charge in [-0.25, -0.2) is 4.98 Å². The van der Waals surface area contributed by atoms with E-state index >= 15 is 0 Å². The van der Waals surface area contributed by atoms with Gasteiger partial charge in [0, 0.05) is 36.4 Å². The summed E-state index contributed by atoms with van der Waals surface area (Å²) < 4.78 is 10.5. The molecular formula is C19H18ClN5O3. The predicted octanol–water partition coefficient (Wildman–Crippen LogP) is 2.55. The summed E-state index contributed by atoms with van der Waals surface area (Å²) in [6.07, 6.45) is 1.69. The number of halogens is 1. The van der Waals surface area contributed by atoms with Crippen LogP contribution in [0.5, 0.6) is 0 Å². The summed E-state index contributed by atoms with van der Waals surface area (Å²) in [5.41, 5.74) is 1.65. The molecule has 0 saturated carbocycles. The molecule has 3 aromatic rings. The second kappa shape index (κ2) is 8.37. The Morgan fingerprint density at radius 3 is 2.75 bits per heavy atom. The quantitative estimate of drug-likeness (QED) is 0.704. The third-order valence-corrected chi connectivity index (χ3v) is 4.58. The Morgan fingerprint density at radius 2 is 1.96 bits per heavy atom. The highest BCUT2D eigenvalue weighted by molar-refractivity contribution is 6.30. The van der Waals surface area contributed by atoms with Gasteiger partial charge in [-0.3, -0.25) is 4.79 Å². The molecule has 1 amide bonds. The van der Waals surface area contributed by atoms with Gasteiger partial charge in [0.25, 0.3) is 0 Å². The van der Waals surface area contributed by atoms with Gasteiger partial charge in [0.15, 0.2) is 0 Å². The SMILES string of the molecule is O=C(NCc1ccc(Cl)cc1)c1nc(-c2ccnc(N3CCOCC3)c2)no1. The Balaban J connectivity index is 1.43. The number of hydrogen-bond acceptors (Lipinski definition) is 7. The zero-order chi connectivity index (χ0) is 19.3. The third-order valence-electron chi connectivity index (χ3n) is 4.33. The predicted molar refractivity (Wildman–Crippen MR) is 103 cm³/mol. The maximum Gasteiger partial charge on any atom is 0.316 e. The minimum Gasteiger partial charge on any atom is -0.378 e. The van der Waals surface area contributed by atoms with Crippen molar-refractivity contribution in [1.82, 2.24) is 20.4 Å². The van der Waals surface area contributed by atoms with Crippen molar-refractivity contribution < 1.29 is 14.1 Å². The van der Waals surface area contributed by atoms with Crippen LogP contribution in [0.15, 0.2) is 47.1 Å². The maximum absolute atomic E-state index is 12.3. The Morgan fingerprint density at radius 1 is 1.18 bits per heavy atom. The lowest BCUT2D eigenvalue weighted by Crippen LogP contribution is -2.36. The van der Waals surface area contributed by atoms with Crippen molar-refractivity contribution in [2.75, 3.05) is 31.2 Å². The minimum atomic E-state index is -0.434. The summed E-state index contributed by atoms with van der Waals surface area (Å²) in [4.78, 5) is 23.0. The first-order valence-corrected chi connectivity index (χ1v) is 9.22. The fourth-order valence-electron chi connectivity index (χ4n) is 2.82. The van der Waals surface area contributed by atoms with E-state index in [0.717, 1.165) is 30.0 Å². The van der Waals surface area contributed by atoms with Gasteiger partial charge in [-0.15, -0.1) is 0 Å². The van der Waals surface area contributed by atoms with Crippen LogP contribution in [0.25, 0.3) is 11.4 Å². The van der Waals surface area contributed by atoms with Gasteiger partial charge in [-0.05, 0) is 29.8 Å². The van der Waals surface area contributed by atoms with E-state index in [-0.39, 0.29) is 5.89 Å². The summed E-state index contributed by atoms with van der Waals surface area (Å²) in [5, 5.41) is 7.32. The Bertz CT molecular complexity index is 954. The molecule has 1 fully saturated rings. The molecule has 4 rings (SSSR count). The monoisotopic (exact) mass is 399 g/mol. The first kappa shape index (κ1) is 18.4. The van der Waals surface area contributed by atoms with Crippen LogP contribution in [0.1, 0.15) is 16.2 Å². The number of amides is 1. The van der Waals surface area contributed by atoms with Crippen molar-refractivity contribution in [2.45, 2.75) is 6.54 Å². The van der Waals surface area contributed by atoms with Crippen LogP contribution in [0.3, 0.4) is 0 Å². The molecule has 0 spiro atoms. The lowest BCUT2D eigenvalue weighted by Gasteiger charge is -2.27. The average molecular weight is 400 g/mol. The van der Waals surface area contributed by atoms with Crippen LogP contribution in [0.2, 0.25) is 5.02 Å². The van der Waals surface area contributed by atoms with Crippen LogP contribution >= 0.6 is 11.6 Å². The second-order valence-corrected chi connectivity index (χ2v) is 6.67. The molecule has 0 aliphatic carbocycles. The van der Waals surface area contributed by atoms with Gasteiger partial charge in [-0.1, -0.05) is 28.9 Å². The van der Waals surface area contributed by atoms with E-state index in [1.54, 1.807) is 24.4 Å². The van der Waals surface area contributed by atoms with Crippen molar-refractivity contribution in [3.63, 3.8) is 0 Å². The summed E-state index contributed by atoms with van der Waals surface area (Å²) in [6.45, 7) is 3.24. The molecule has 2 aromatic heterocycles. The van der Waals surface area contributed by atoms with Crippen molar-refractivity contribution >= 4 is 23.3 Å². The third kappa shape index (κ3) is 4.29. The van der Waals surface area contributed by atoms with E-state index in [4.69, 9.17) is 20.9 Å². The molecule has 28 heavy (non-hydrogen) atoms. The summed E-state index contributed by atoms with van der Waals surface area (Å²) in [6, 6.07) is 10.9. The molecule has 1 aliphatic rings. The van der Waals surface area contributed by atoms with Gasteiger partial charge < -0.3 is 19.5 Å². The van der Waals surface area contributed by atoms with Crippen LogP contribution in [-0.2, 0) is 11.3 Å². The van der Waals surface area contributed by atoms with Crippen LogP contribution < -0.4 is 10.2 Å². The number of nitrogens with one attached hydrogen (secondary N) is 1. The highest BCUT2D eigenvalue weighted by Gasteiger charge is 2.18. The largest absolute Gasteiger partial charge is 0.378 e. The zero-order valence-corrected chi connectivity index (χ0v) is 15.7. The molecule has 9 heteroatoms. The molecule has 0 unspecified atom stereocenters. The van der Waals surface area contributed by atoms with Gasteiger partial charge in [0.2, 0.25) is 5.82 Å². The van der Waals surface area contributed by atoms with Gasteiger partial charge >= 0.3 is 11.8 Å². The molecule has 0 radical (unpaired) electrons. The fourth-order valence-corrected chi connectivity index (χ4v) is 2.94. The number of aromatic nitrogens is 3. The van der Waals surface area contributed by atoms with Crippen molar-refractivity contribution in [3.05, 3.63) is 59.1 Å². The zero-order valence-electron chi connectivity index (χ0n) is 15.0. The van der Waals surface area contributed by atoms with Crippen molar-refractivity contribution in [1.29, 1.82) is 0 Å². The molecule has 8 nitrogen and oxygen atoms in total. The maximum atomic E-state index is 12.3. The van der Waals surface area contributed by atoms with Crippen molar-refractivity contribution in [2.24, 2.45) is 0 Å². The second-order valence-electron chi connectivity index (χ2n) is 6.23. The van der Waals surface area contributed by atoms with E-state index in [9.17, 15) is 4.79 Å². The van der Waals surface area contributed by atoms with E-state index in [0.29, 0.717) is 30.6 Å². The number of benzene rings is 1. The topological polar surface area (TPSA) is 93.4 Å². The lowest BCUT2D eigenvalue weighted by molar-refractivity contribution is 0.0907. The summed E-state index contributed by atoms with van der Waals surface area (Å²) in [5.74, 6) is 0.637. The molecule has 1 N–H and O–H groups in total. The molecule has 1 aliphatic heterocycles. The normalized spacial score (nSPS) is 14.1. The number of carbonyl (C=O) groups is 1. The molecular weight excluding hydrogens is 382 g/mol. The lowest BCUT2D eigenvalue weighted by atomic mass is 10.2. The Labute approximate surface area is 166 Å². The fraction of sp³-hybridized carbons (Fsp3) is 0.263. The van der Waals surface area contributed by atoms with E-state index in [2.05, 4.69) is 25.3 Å². The molecule has 144 valence electrons. The molecule has 3 heterocycles. The van der Waals surface area contributed by atoms with Gasteiger partial charge in [0.05, 0.1) is 13.2 Å². The number of morpholine rings is 1. The molecule has 1 aromatic carbocycles. The Hall–Kier alpha value is -2.97.